The number of allylic oxidation sites excluding steroid dienone is 4. The Morgan fingerprint density at radius 3 is 2.82 bits per heavy atom. The first-order chi connectivity index (χ1) is 5.24. The van der Waals surface area contributed by atoms with Crippen LogP contribution in [0.1, 0.15) is 13.3 Å². The van der Waals surface area contributed by atoms with Gasteiger partial charge in [0.15, 0.2) is 0 Å². The zero-order valence-electron chi connectivity index (χ0n) is 6.55. The summed E-state index contributed by atoms with van der Waals surface area (Å²) in [5.74, 6) is 0.0331. The third-order valence-corrected chi connectivity index (χ3v) is 1.48. The first kappa shape index (κ1) is 7.79. The zero-order chi connectivity index (χ0) is 8.27. The van der Waals surface area contributed by atoms with Crippen molar-refractivity contribution in [1.29, 1.82) is 0 Å². The number of rotatable bonds is 1. The van der Waals surface area contributed by atoms with Crippen LogP contribution in [0.25, 0.3) is 0 Å². The minimum absolute atomic E-state index is 0.0331. The van der Waals surface area contributed by atoms with Gasteiger partial charge in [0.05, 0.1) is 6.42 Å². The van der Waals surface area contributed by atoms with Gasteiger partial charge in [0.25, 0.3) is 0 Å². The van der Waals surface area contributed by atoms with Crippen LogP contribution in [-0.4, -0.2) is 5.91 Å². The lowest BCUT2D eigenvalue weighted by atomic mass is 10.2. The molecule has 0 aromatic heterocycles. The number of carbonyl (C=O) groups excluding carboxylic acids is 1. The molecule has 0 aromatic carbocycles. The van der Waals surface area contributed by atoms with Crippen molar-refractivity contribution in [2.45, 2.75) is 13.3 Å². The van der Waals surface area contributed by atoms with Crippen LogP contribution in [0.2, 0.25) is 0 Å². The average molecular weight is 149 g/mol. The van der Waals surface area contributed by atoms with E-state index in [-0.39, 0.29) is 5.91 Å². The molecule has 1 heterocycles. The Kier molecular flexibility index (Phi) is 2.26. The summed E-state index contributed by atoms with van der Waals surface area (Å²) in [6, 6.07) is 0. The van der Waals surface area contributed by atoms with Crippen LogP contribution in [0.15, 0.2) is 36.1 Å². The highest BCUT2D eigenvalue weighted by atomic mass is 16.1. The third-order valence-electron chi connectivity index (χ3n) is 1.48. The van der Waals surface area contributed by atoms with Gasteiger partial charge >= 0.3 is 0 Å². The average Bonchev–Trinajstić information content (AvgIpc) is 2.26. The van der Waals surface area contributed by atoms with Crippen molar-refractivity contribution in [1.82, 2.24) is 5.32 Å². The molecule has 2 heteroatoms. The molecule has 11 heavy (non-hydrogen) atoms. The van der Waals surface area contributed by atoms with Crippen LogP contribution in [0, 0.1) is 0 Å². The number of nitrogens with one attached hydrogen (secondary N) is 1. The van der Waals surface area contributed by atoms with E-state index in [1.54, 1.807) is 0 Å². The summed E-state index contributed by atoms with van der Waals surface area (Å²) >= 11 is 0. The van der Waals surface area contributed by atoms with E-state index in [0.717, 1.165) is 11.3 Å². The zero-order valence-corrected chi connectivity index (χ0v) is 6.55. The van der Waals surface area contributed by atoms with Crippen LogP contribution >= 0.6 is 0 Å². The number of carbonyl (C=O) groups is 1. The standard InChI is InChI=1S/C9H11NO/c1-3-4-5-8-7(2)6-9(11)10-8/h3-5H,2,6H2,1H3,(H,10,11)/b4-3-,8-5+. The third kappa shape index (κ3) is 1.80. The van der Waals surface area contributed by atoms with Gasteiger partial charge in [0.1, 0.15) is 0 Å². The van der Waals surface area contributed by atoms with Gasteiger partial charge in [-0.3, -0.25) is 4.79 Å². The van der Waals surface area contributed by atoms with Crippen LogP contribution < -0.4 is 5.32 Å². The molecule has 0 bridgehead atoms. The second-order valence-electron chi connectivity index (χ2n) is 2.43. The van der Waals surface area contributed by atoms with Gasteiger partial charge in [0, 0.05) is 5.70 Å². The Labute approximate surface area is 66.3 Å². The molecule has 58 valence electrons. The molecule has 1 fully saturated rings. The van der Waals surface area contributed by atoms with Crippen molar-refractivity contribution >= 4 is 5.91 Å². The molecule has 1 saturated heterocycles. The summed E-state index contributed by atoms with van der Waals surface area (Å²) in [7, 11) is 0. The first-order valence-corrected chi connectivity index (χ1v) is 3.55. The lowest BCUT2D eigenvalue weighted by Gasteiger charge is -1.93. The highest BCUT2D eigenvalue weighted by molar-refractivity contribution is 5.86. The summed E-state index contributed by atoms with van der Waals surface area (Å²) in [5, 5.41) is 2.71. The molecule has 0 radical (unpaired) electrons. The van der Waals surface area contributed by atoms with Crippen molar-refractivity contribution in [3.8, 4) is 0 Å². The quantitative estimate of drug-likeness (QED) is 0.601. The lowest BCUT2D eigenvalue weighted by Crippen LogP contribution is -2.11. The van der Waals surface area contributed by atoms with Crippen molar-refractivity contribution in [3.63, 3.8) is 0 Å². The van der Waals surface area contributed by atoms with Crippen molar-refractivity contribution in [3.05, 3.63) is 36.1 Å². The topological polar surface area (TPSA) is 29.1 Å². The van der Waals surface area contributed by atoms with Crippen LogP contribution in [0.4, 0.5) is 0 Å². The lowest BCUT2D eigenvalue weighted by molar-refractivity contribution is -0.118. The van der Waals surface area contributed by atoms with Gasteiger partial charge in [-0.15, -0.1) is 0 Å². The molecule has 0 aromatic rings. The molecule has 2 nitrogen and oxygen atoms in total. The first-order valence-electron chi connectivity index (χ1n) is 3.55. The maximum Gasteiger partial charge on any atom is 0.228 e. The van der Waals surface area contributed by atoms with E-state index >= 15 is 0 Å². The normalized spacial score (nSPS) is 21.7. The van der Waals surface area contributed by atoms with Gasteiger partial charge in [0.2, 0.25) is 5.91 Å². The van der Waals surface area contributed by atoms with Crippen molar-refractivity contribution < 1.29 is 4.79 Å². The van der Waals surface area contributed by atoms with Crippen molar-refractivity contribution in [2.24, 2.45) is 0 Å². The monoisotopic (exact) mass is 149 g/mol. The Balaban J connectivity index is 2.74. The second kappa shape index (κ2) is 3.19. The molecule has 0 aliphatic carbocycles. The van der Waals surface area contributed by atoms with Crippen LogP contribution in [0.3, 0.4) is 0 Å². The van der Waals surface area contributed by atoms with Gasteiger partial charge < -0.3 is 5.32 Å². The van der Waals surface area contributed by atoms with Gasteiger partial charge in [-0.05, 0) is 18.6 Å². The molecule has 1 aliphatic heterocycles. The molecule has 0 unspecified atom stereocenters. The molecule has 1 amide bonds. The van der Waals surface area contributed by atoms with E-state index in [2.05, 4.69) is 11.9 Å². The molecule has 1 N–H and O–H groups in total. The minimum Gasteiger partial charge on any atom is -0.326 e. The molecular weight excluding hydrogens is 138 g/mol. The largest absolute Gasteiger partial charge is 0.326 e. The molecular formula is C9H11NO. The summed E-state index contributed by atoms with van der Waals surface area (Å²) < 4.78 is 0. The number of hydrogen-bond donors (Lipinski definition) is 1. The fourth-order valence-corrected chi connectivity index (χ4v) is 0.924. The van der Waals surface area contributed by atoms with Gasteiger partial charge in [-0.1, -0.05) is 18.7 Å². The summed E-state index contributed by atoms with van der Waals surface area (Å²) in [6.07, 6.45) is 6.08. The summed E-state index contributed by atoms with van der Waals surface area (Å²) in [6.45, 7) is 5.68. The molecule has 0 spiro atoms. The smallest absolute Gasteiger partial charge is 0.228 e. The minimum atomic E-state index is 0.0331. The predicted octanol–water partition coefficient (Wildman–Crippen LogP) is 1.52. The predicted molar refractivity (Wildman–Crippen MR) is 44.8 cm³/mol. The van der Waals surface area contributed by atoms with E-state index in [9.17, 15) is 4.79 Å². The van der Waals surface area contributed by atoms with Gasteiger partial charge in [-0.2, -0.15) is 0 Å². The molecule has 0 saturated carbocycles. The van der Waals surface area contributed by atoms with E-state index in [0.29, 0.717) is 6.42 Å². The Hall–Kier alpha value is -1.31. The van der Waals surface area contributed by atoms with Crippen LogP contribution in [-0.2, 0) is 4.79 Å². The maximum atomic E-state index is 10.8. The number of amides is 1. The van der Waals surface area contributed by atoms with Crippen LogP contribution in [0.5, 0.6) is 0 Å². The summed E-state index contributed by atoms with van der Waals surface area (Å²) in [5.41, 5.74) is 1.71. The SMILES string of the molecule is C=C1CC(=O)N/C1=C/C=C\C. The van der Waals surface area contributed by atoms with E-state index in [4.69, 9.17) is 0 Å². The summed E-state index contributed by atoms with van der Waals surface area (Å²) in [4.78, 5) is 10.8. The maximum absolute atomic E-state index is 10.8. The van der Waals surface area contributed by atoms with Gasteiger partial charge in [-0.25, -0.2) is 0 Å². The highest BCUT2D eigenvalue weighted by Crippen LogP contribution is 2.15. The Morgan fingerprint density at radius 1 is 1.64 bits per heavy atom. The highest BCUT2D eigenvalue weighted by Gasteiger charge is 2.16. The second-order valence-corrected chi connectivity index (χ2v) is 2.43. The number of hydrogen-bond acceptors (Lipinski definition) is 1. The Morgan fingerprint density at radius 2 is 2.36 bits per heavy atom. The Bertz CT molecular complexity index is 248. The molecule has 1 rings (SSSR count). The van der Waals surface area contributed by atoms with E-state index in [1.807, 2.05) is 25.2 Å². The van der Waals surface area contributed by atoms with E-state index < -0.39 is 0 Å². The molecule has 0 atom stereocenters. The van der Waals surface area contributed by atoms with Crippen molar-refractivity contribution in [2.75, 3.05) is 0 Å². The van der Waals surface area contributed by atoms with E-state index in [1.165, 1.54) is 0 Å². The fraction of sp³-hybridized carbons (Fsp3) is 0.222. The molecule has 1 aliphatic rings. The fourth-order valence-electron chi connectivity index (χ4n) is 0.924.